The number of hydrogen-bond acceptors (Lipinski definition) is 13. The minimum atomic E-state index is -1.70. The third-order valence-electron chi connectivity index (χ3n) is 7.11. The Balaban J connectivity index is 1.90. The van der Waals surface area contributed by atoms with E-state index in [0.29, 0.717) is 4.90 Å². The molecule has 5 atom stereocenters. The largest absolute Gasteiger partial charge is 0.511 e. The molecule has 2 saturated carbocycles. The molecular weight excluding hydrogens is 665 g/mol. The molecule has 2 aliphatic carbocycles. The van der Waals surface area contributed by atoms with Gasteiger partial charge in [-0.3, -0.25) is 9.59 Å². The predicted molar refractivity (Wildman–Crippen MR) is 165 cm³/mol. The molecule has 260 valence electrons. The van der Waals surface area contributed by atoms with Gasteiger partial charge in [0.15, 0.2) is 0 Å². The first-order chi connectivity index (χ1) is 21.9. The first kappa shape index (κ1) is 37.9. The Bertz CT molecular complexity index is 1370. The normalized spacial score (nSPS) is 23.2. The molecule has 1 aromatic rings. The van der Waals surface area contributed by atoms with E-state index in [9.17, 15) is 28.4 Å². The Kier molecular flexibility index (Phi) is 12.9. The molecule has 0 aromatic heterocycles. The highest BCUT2D eigenvalue weighted by atomic mass is 35.5. The summed E-state index contributed by atoms with van der Waals surface area (Å²) in [5.41, 5.74) is -2.60. The predicted octanol–water partition coefficient (Wildman–Crippen LogP) is 6.57. The van der Waals surface area contributed by atoms with Crippen LogP contribution in [0.3, 0.4) is 0 Å². The number of amides is 1. The highest BCUT2D eigenvalue weighted by molar-refractivity contribution is 7.99. The molecule has 0 N–H and O–H groups in total. The van der Waals surface area contributed by atoms with Crippen LogP contribution in [0.15, 0.2) is 28.1 Å². The number of thioether (sulfide) groups is 1. The third kappa shape index (κ3) is 10.4. The maximum atomic E-state index is 14.0. The zero-order valence-corrected chi connectivity index (χ0v) is 28.7. The molecule has 13 nitrogen and oxygen atoms in total. The Labute approximate surface area is 281 Å². The van der Waals surface area contributed by atoms with Crippen molar-refractivity contribution in [3.8, 4) is 0 Å². The highest BCUT2D eigenvalue weighted by Gasteiger charge is 2.75. The topological polar surface area (TPSA) is 162 Å². The van der Waals surface area contributed by atoms with Gasteiger partial charge in [-0.05, 0) is 90.8 Å². The van der Waals surface area contributed by atoms with Crippen LogP contribution in [0.2, 0.25) is 5.02 Å². The lowest BCUT2D eigenvalue weighted by Crippen LogP contribution is -2.44. The fraction of sp³-hybridized carbons (Fsp3) is 0.613. The smallest absolute Gasteiger partial charge is 0.442 e. The van der Waals surface area contributed by atoms with Gasteiger partial charge in [-0.2, -0.15) is 4.99 Å². The summed E-state index contributed by atoms with van der Waals surface area (Å²) in [7, 11) is 0. The van der Waals surface area contributed by atoms with E-state index in [2.05, 4.69) is 4.99 Å². The third-order valence-corrected chi connectivity index (χ3v) is 8.55. The summed E-state index contributed by atoms with van der Waals surface area (Å²) in [4.78, 5) is 68.0. The molecule has 0 radical (unpaired) electrons. The fourth-order valence-corrected chi connectivity index (χ4v) is 6.76. The second kappa shape index (κ2) is 16.0. The summed E-state index contributed by atoms with van der Waals surface area (Å²) in [5, 5.41) is -0.0887. The SMILES string of the molecule is CC(C)OC(=O)OCOC(=O)[C@H]1[C@@H]2C[C@@H](CSc3ccc(F)c(Cl)c3)[C@@](C=NC(=O)OC(C)(C)C)(C(=O)OCOC(=O)OC(C)C)[C@@H]21. The molecular formula is C31H39ClFNO12S. The number of benzene rings is 1. The van der Waals surface area contributed by atoms with Crippen LogP contribution in [0.1, 0.15) is 54.9 Å². The molecule has 0 bridgehead atoms. The standard InChI is InChI=1S/C31H39ClFNO12S/c1-16(2)44-28(38)42-14-40-25(35)23-20-10-18(12-47-19-8-9-22(33)21(32)11-19)31(24(20)23,13-34-27(37)46-30(5,6)7)26(36)41-15-43-29(39)45-17(3)4/h8-9,11,13,16-18,20,23-24H,10,12,14-15H2,1-7H3/t18-,20-,23-,24-,31+/m0/s1. The molecule has 3 rings (SSSR count). The van der Waals surface area contributed by atoms with Crippen LogP contribution in [-0.4, -0.2) is 73.7 Å². The van der Waals surface area contributed by atoms with Gasteiger partial charge in [0, 0.05) is 16.9 Å². The summed E-state index contributed by atoms with van der Waals surface area (Å²) < 4.78 is 49.1. The number of nitrogens with zero attached hydrogens (tertiary/aromatic N) is 1. The fourth-order valence-electron chi connectivity index (χ4n) is 5.34. The zero-order valence-electron chi connectivity index (χ0n) is 27.1. The van der Waals surface area contributed by atoms with Crippen molar-refractivity contribution < 1.29 is 61.5 Å². The van der Waals surface area contributed by atoms with Gasteiger partial charge in [0.1, 0.15) is 16.8 Å². The van der Waals surface area contributed by atoms with E-state index in [1.54, 1.807) is 48.5 Å². The minimum Gasteiger partial charge on any atom is -0.442 e. The van der Waals surface area contributed by atoms with Crippen LogP contribution in [-0.2, 0) is 42.7 Å². The van der Waals surface area contributed by atoms with Gasteiger partial charge in [0.2, 0.25) is 13.6 Å². The summed E-state index contributed by atoms with van der Waals surface area (Å²) in [6.07, 6.45) is -2.62. The molecule has 0 spiro atoms. The number of hydrogen-bond donors (Lipinski definition) is 0. The molecule has 2 fully saturated rings. The van der Waals surface area contributed by atoms with Gasteiger partial charge in [-0.1, -0.05) is 11.6 Å². The lowest BCUT2D eigenvalue weighted by Gasteiger charge is -2.33. The average molecular weight is 704 g/mol. The number of esters is 2. The Morgan fingerprint density at radius 3 is 2.15 bits per heavy atom. The second-order valence-corrected chi connectivity index (χ2v) is 14.0. The lowest BCUT2D eigenvalue weighted by molar-refractivity contribution is -0.165. The summed E-state index contributed by atoms with van der Waals surface area (Å²) in [6, 6.07) is 4.17. The van der Waals surface area contributed by atoms with Gasteiger partial charge in [0.25, 0.3) is 0 Å². The van der Waals surface area contributed by atoms with E-state index >= 15 is 0 Å². The zero-order chi connectivity index (χ0) is 35.1. The monoisotopic (exact) mass is 703 g/mol. The number of aliphatic imine (C=N–C) groups is 1. The molecule has 1 amide bonds. The van der Waals surface area contributed by atoms with Crippen molar-refractivity contribution in [2.24, 2.45) is 34.1 Å². The van der Waals surface area contributed by atoms with Gasteiger partial charge in [0.05, 0.1) is 23.1 Å². The Morgan fingerprint density at radius 1 is 1.00 bits per heavy atom. The van der Waals surface area contributed by atoms with E-state index in [0.717, 1.165) is 6.21 Å². The van der Waals surface area contributed by atoms with Crippen LogP contribution in [0, 0.1) is 34.9 Å². The van der Waals surface area contributed by atoms with Crippen molar-refractivity contribution in [2.45, 2.75) is 77.6 Å². The van der Waals surface area contributed by atoms with Crippen molar-refractivity contribution in [1.82, 2.24) is 0 Å². The Hall–Kier alpha value is -3.59. The number of fused-ring (bicyclic) bond motifs is 1. The van der Waals surface area contributed by atoms with Crippen LogP contribution < -0.4 is 0 Å². The van der Waals surface area contributed by atoms with E-state index in [4.69, 9.17) is 44.8 Å². The van der Waals surface area contributed by atoms with E-state index in [1.165, 1.54) is 30.0 Å². The van der Waals surface area contributed by atoms with Crippen LogP contribution in [0.4, 0.5) is 18.8 Å². The van der Waals surface area contributed by atoms with Crippen molar-refractivity contribution >= 4 is 59.9 Å². The molecule has 0 unspecified atom stereocenters. The molecule has 47 heavy (non-hydrogen) atoms. The number of carbonyl (C=O) groups excluding carboxylic acids is 5. The quantitative estimate of drug-likeness (QED) is 0.0756. The molecule has 0 aliphatic heterocycles. The minimum absolute atomic E-state index is 0.0887. The summed E-state index contributed by atoms with van der Waals surface area (Å²) in [5.74, 6) is -4.68. The molecule has 0 heterocycles. The van der Waals surface area contributed by atoms with Gasteiger partial charge in [-0.15, -0.1) is 11.8 Å². The van der Waals surface area contributed by atoms with E-state index < -0.39 is 96.6 Å². The lowest BCUT2D eigenvalue weighted by atomic mass is 9.74. The maximum Gasteiger partial charge on any atom is 0.511 e. The maximum absolute atomic E-state index is 14.0. The average Bonchev–Trinajstić information content (AvgIpc) is 3.56. The first-order valence-electron chi connectivity index (χ1n) is 14.8. The van der Waals surface area contributed by atoms with Gasteiger partial charge in [-0.25, -0.2) is 18.8 Å². The van der Waals surface area contributed by atoms with Crippen LogP contribution in [0.25, 0.3) is 0 Å². The molecule has 1 aromatic carbocycles. The molecule has 2 aliphatic rings. The van der Waals surface area contributed by atoms with Crippen molar-refractivity contribution in [1.29, 1.82) is 0 Å². The summed E-state index contributed by atoms with van der Waals surface area (Å²) in [6.45, 7) is 9.83. The van der Waals surface area contributed by atoms with Crippen molar-refractivity contribution in [2.75, 3.05) is 19.3 Å². The van der Waals surface area contributed by atoms with E-state index in [1.807, 2.05) is 0 Å². The van der Waals surface area contributed by atoms with Crippen LogP contribution >= 0.6 is 23.4 Å². The van der Waals surface area contributed by atoms with Crippen molar-refractivity contribution in [3.05, 3.63) is 29.0 Å². The molecule has 0 saturated heterocycles. The number of rotatable bonds is 12. The highest BCUT2D eigenvalue weighted by Crippen LogP contribution is 2.69. The number of ether oxygens (including phenoxy) is 7. The number of carbonyl (C=O) groups is 5. The number of halogens is 2. The first-order valence-corrected chi connectivity index (χ1v) is 16.2. The Morgan fingerprint density at radius 2 is 1.60 bits per heavy atom. The summed E-state index contributed by atoms with van der Waals surface area (Å²) >= 11 is 7.22. The second-order valence-electron chi connectivity index (χ2n) is 12.5. The molecule has 16 heteroatoms. The van der Waals surface area contributed by atoms with Crippen molar-refractivity contribution in [3.63, 3.8) is 0 Å². The van der Waals surface area contributed by atoms with Gasteiger partial charge >= 0.3 is 30.3 Å². The van der Waals surface area contributed by atoms with E-state index in [-0.39, 0.29) is 17.2 Å². The van der Waals surface area contributed by atoms with Crippen LogP contribution in [0.5, 0.6) is 0 Å². The van der Waals surface area contributed by atoms with Gasteiger partial charge < -0.3 is 33.2 Å².